The first kappa shape index (κ1) is 34.7. The summed E-state index contributed by atoms with van der Waals surface area (Å²) in [6.45, 7) is 0.763. The Morgan fingerprint density at radius 3 is 1.30 bits per heavy atom. The quantitative estimate of drug-likeness (QED) is 0.118. The second-order valence-electron chi connectivity index (χ2n) is 11.7. The van der Waals surface area contributed by atoms with E-state index in [4.69, 9.17) is 9.47 Å². The van der Waals surface area contributed by atoms with Gasteiger partial charge >= 0.3 is 0 Å². The van der Waals surface area contributed by atoms with Crippen LogP contribution in [0.5, 0.6) is 11.5 Å². The van der Waals surface area contributed by atoms with Crippen molar-refractivity contribution in [2.75, 3.05) is 14.2 Å². The molecule has 8 rings (SSSR count). The van der Waals surface area contributed by atoms with Gasteiger partial charge in [0.05, 0.1) is 62.2 Å². The van der Waals surface area contributed by atoms with Gasteiger partial charge in [0.2, 0.25) is 11.6 Å². The molecule has 0 unspecified atom stereocenters. The Balaban J connectivity index is 1.14. The molecule has 0 radical (unpaired) electrons. The van der Waals surface area contributed by atoms with Gasteiger partial charge in [0.25, 0.3) is 0 Å². The molecule has 0 fully saturated rings. The molecule has 270 valence electrons. The van der Waals surface area contributed by atoms with Crippen LogP contribution in [0.3, 0.4) is 0 Å². The summed E-state index contributed by atoms with van der Waals surface area (Å²) in [5.41, 5.74) is 4.34. The number of ether oxygens (including phenoxy) is 2. The molecule has 0 N–H and O–H groups in total. The summed E-state index contributed by atoms with van der Waals surface area (Å²) in [5, 5.41) is 37.2. The molecule has 0 saturated carbocycles. The molecule has 14 nitrogen and oxygen atoms in total. The molecule has 0 spiro atoms. The predicted molar refractivity (Wildman–Crippen MR) is 197 cm³/mol. The standard InChI is InChI=1S/C36H28F2N12O2S2/c1-51-29-15-3-23(4-16-29)21-47-43-33(41-45-47)31-19-39-49(27-11-7-25(37)8-12-27)35(31)53-54-36-32(20-40-50(36)28-13-9-26(38)10-14-28)34-42-46-48(44-34)22-24-5-17-30(52-2)18-6-24/h3-20H,21-22H2,1-2H3. The zero-order valence-corrected chi connectivity index (χ0v) is 30.2. The van der Waals surface area contributed by atoms with E-state index in [0.29, 0.717) is 57.3 Å². The number of benzene rings is 4. The maximum Gasteiger partial charge on any atom is 0.209 e. The van der Waals surface area contributed by atoms with Crippen molar-refractivity contribution >= 4 is 21.6 Å². The van der Waals surface area contributed by atoms with E-state index in [9.17, 15) is 8.78 Å². The Morgan fingerprint density at radius 1 is 0.537 bits per heavy atom. The van der Waals surface area contributed by atoms with Crippen molar-refractivity contribution in [3.63, 3.8) is 0 Å². The van der Waals surface area contributed by atoms with Gasteiger partial charge in [0.1, 0.15) is 33.2 Å². The zero-order chi connectivity index (χ0) is 37.0. The molecule has 54 heavy (non-hydrogen) atoms. The molecular weight excluding hydrogens is 735 g/mol. The van der Waals surface area contributed by atoms with Gasteiger partial charge in [-0.25, -0.2) is 18.1 Å². The van der Waals surface area contributed by atoms with Crippen molar-refractivity contribution in [3.05, 3.63) is 132 Å². The van der Waals surface area contributed by atoms with Gasteiger partial charge in [-0.1, -0.05) is 24.3 Å². The topological polar surface area (TPSA) is 141 Å². The van der Waals surface area contributed by atoms with E-state index < -0.39 is 0 Å². The van der Waals surface area contributed by atoms with Gasteiger partial charge in [-0.3, -0.25) is 0 Å². The largest absolute Gasteiger partial charge is 0.497 e. The second kappa shape index (κ2) is 15.3. The van der Waals surface area contributed by atoms with E-state index in [1.807, 2.05) is 48.5 Å². The summed E-state index contributed by atoms with van der Waals surface area (Å²) >= 11 is 0. The molecular formula is C36H28F2N12O2S2. The second-order valence-corrected chi connectivity index (χ2v) is 13.8. The molecule has 0 bridgehead atoms. The van der Waals surface area contributed by atoms with Crippen molar-refractivity contribution in [2.45, 2.75) is 23.1 Å². The molecule has 0 saturated heterocycles. The lowest BCUT2D eigenvalue weighted by atomic mass is 10.2. The molecule has 4 aromatic carbocycles. The molecule has 0 aliphatic rings. The van der Waals surface area contributed by atoms with E-state index in [1.54, 1.807) is 60.2 Å². The highest BCUT2D eigenvalue weighted by Crippen LogP contribution is 2.45. The van der Waals surface area contributed by atoms with Gasteiger partial charge < -0.3 is 9.47 Å². The van der Waals surface area contributed by atoms with Crippen LogP contribution in [0.2, 0.25) is 0 Å². The average Bonchev–Trinajstić information content (AvgIpc) is 4.02. The van der Waals surface area contributed by atoms with Crippen LogP contribution in [-0.2, 0) is 13.1 Å². The minimum atomic E-state index is -0.377. The monoisotopic (exact) mass is 762 g/mol. The van der Waals surface area contributed by atoms with E-state index in [2.05, 4.69) is 41.0 Å². The van der Waals surface area contributed by atoms with Crippen molar-refractivity contribution in [1.29, 1.82) is 0 Å². The van der Waals surface area contributed by atoms with Crippen LogP contribution in [0, 0.1) is 11.6 Å². The van der Waals surface area contributed by atoms with Crippen LogP contribution in [0.25, 0.3) is 34.2 Å². The number of rotatable bonds is 13. The van der Waals surface area contributed by atoms with Crippen molar-refractivity contribution < 1.29 is 18.3 Å². The van der Waals surface area contributed by atoms with Gasteiger partial charge in [-0.15, -0.1) is 20.4 Å². The van der Waals surface area contributed by atoms with Crippen LogP contribution in [0.15, 0.2) is 120 Å². The number of tetrazole rings is 2. The fraction of sp³-hybridized carbons (Fsp3) is 0.111. The molecule has 0 atom stereocenters. The molecule has 0 aliphatic carbocycles. The first-order valence-electron chi connectivity index (χ1n) is 16.3. The summed E-state index contributed by atoms with van der Waals surface area (Å²) in [5.74, 6) is 1.43. The third kappa shape index (κ3) is 7.42. The summed E-state index contributed by atoms with van der Waals surface area (Å²) in [6, 6.07) is 27.2. The Hall–Kier alpha value is -6.40. The number of hydrogen-bond donors (Lipinski definition) is 0. The number of halogens is 2. The molecule has 0 aliphatic heterocycles. The highest BCUT2D eigenvalue weighted by Gasteiger charge is 2.24. The lowest BCUT2D eigenvalue weighted by Gasteiger charge is -2.11. The van der Waals surface area contributed by atoms with Crippen molar-refractivity contribution in [3.8, 4) is 45.6 Å². The number of hydrogen-bond acceptors (Lipinski definition) is 12. The Kier molecular flexibility index (Phi) is 9.82. The minimum absolute atomic E-state index is 0.343. The smallest absolute Gasteiger partial charge is 0.209 e. The maximum absolute atomic E-state index is 14.0. The highest BCUT2D eigenvalue weighted by molar-refractivity contribution is 8.76. The summed E-state index contributed by atoms with van der Waals surface area (Å²) < 4.78 is 41.9. The summed E-state index contributed by atoms with van der Waals surface area (Å²) in [6.07, 6.45) is 3.29. The summed E-state index contributed by atoms with van der Waals surface area (Å²) in [4.78, 5) is 2.99. The van der Waals surface area contributed by atoms with E-state index in [1.165, 1.54) is 55.4 Å². The van der Waals surface area contributed by atoms with Gasteiger partial charge in [0.15, 0.2) is 0 Å². The van der Waals surface area contributed by atoms with Crippen LogP contribution in [0.4, 0.5) is 8.78 Å². The Bertz CT molecular complexity index is 2320. The van der Waals surface area contributed by atoms with Crippen LogP contribution in [-0.4, -0.2) is 74.2 Å². The fourth-order valence-electron chi connectivity index (χ4n) is 5.38. The predicted octanol–water partition coefficient (Wildman–Crippen LogP) is 6.56. The third-order valence-electron chi connectivity index (χ3n) is 8.15. The lowest BCUT2D eigenvalue weighted by Crippen LogP contribution is -2.04. The van der Waals surface area contributed by atoms with Crippen LogP contribution >= 0.6 is 21.6 Å². The number of methoxy groups -OCH3 is 2. The fourth-order valence-corrected chi connectivity index (χ4v) is 7.89. The SMILES string of the molecule is COc1ccc(Cn2nnc(-c3cnn(-c4ccc(F)cc4)c3SSc3c(-c4nnn(Cc5ccc(OC)cc5)n4)cnn3-c3ccc(F)cc3)n2)cc1. The molecule has 18 heteroatoms. The first-order valence-corrected chi connectivity index (χ1v) is 18.4. The molecule has 4 aromatic heterocycles. The van der Waals surface area contributed by atoms with Gasteiger partial charge in [-0.05, 0) is 116 Å². The van der Waals surface area contributed by atoms with Crippen molar-refractivity contribution in [1.82, 2.24) is 60.0 Å². The van der Waals surface area contributed by atoms with Gasteiger partial charge in [0, 0.05) is 0 Å². The van der Waals surface area contributed by atoms with Crippen LogP contribution < -0.4 is 9.47 Å². The normalized spacial score (nSPS) is 11.3. The number of aromatic nitrogens is 12. The van der Waals surface area contributed by atoms with Crippen molar-refractivity contribution in [2.24, 2.45) is 0 Å². The summed E-state index contributed by atoms with van der Waals surface area (Å²) in [7, 11) is 5.92. The third-order valence-corrected chi connectivity index (χ3v) is 10.5. The van der Waals surface area contributed by atoms with E-state index >= 15 is 0 Å². The van der Waals surface area contributed by atoms with E-state index in [0.717, 1.165) is 22.6 Å². The number of nitrogens with zero attached hydrogens (tertiary/aromatic N) is 12. The minimum Gasteiger partial charge on any atom is -0.497 e. The Labute approximate surface area is 314 Å². The molecule has 0 amide bonds. The van der Waals surface area contributed by atoms with Gasteiger partial charge in [-0.2, -0.15) is 19.8 Å². The van der Waals surface area contributed by atoms with E-state index in [-0.39, 0.29) is 11.6 Å². The zero-order valence-electron chi connectivity index (χ0n) is 28.6. The maximum atomic E-state index is 14.0. The Morgan fingerprint density at radius 2 is 0.926 bits per heavy atom. The molecule has 8 aromatic rings. The lowest BCUT2D eigenvalue weighted by molar-refractivity contribution is 0.414. The highest BCUT2D eigenvalue weighted by atomic mass is 33.1. The van der Waals surface area contributed by atoms with Crippen LogP contribution in [0.1, 0.15) is 11.1 Å². The first-order chi connectivity index (χ1) is 26.4. The average molecular weight is 763 g/mol. The molecule has 4 heterocycles.